The molecular weight excluding hydrogens is 402 g/mol. The molecule has 170 valence electrons. The first-order chi connectivity index (χ1) is 15.5. The number of para-hydroxylation sites is 1. The molecule has 2 amide bonds. The van der Waals surface area contributed by atoms with E-state index in [0.29, 0.717) is 25.1 Å². The SMILES string of the molecule is NCCC[C@H](NC(=O)c1cc(C23CC4CC(CC(C4)C2)C3)c2ccccc2n1)C(=O)NN. The van der Waals surface area contributed by atoms with Crippen LogP contribution in [0.2, 0.25) is 0 Å². The number of hydrogen-bond acceptors (Lipinski definition) is 5. The summed E-state index contributed by atoms with van der Waals surface area (Å²) < 4.78 is 0. The summed E-state index contributed by atoms with van der Waals surface area (Å²) in [6, 6.07) is 9.42. The highest BCUT2D eigenvalue weighted by molar-refractivity contribution is 5.98. The van der Waals surface area contributed by atoms with Crippen molar-refractivity contribution >= 4 is 22.7 Å². The first-order valence-electron chi connectivity index (χ1n) is 11.9. The number of rotatable bonds is 7. The lowest BCUT2D eigenvalue weighted by Crippen LogP contribution is -2.49. The van der Waals surface area contributed by atoms with E-state index in [1.807, 2.05) is 18.2 Å². The van der Waals surface area contributed by atoms with Crippen LogP contribution in [0, 0.1) is 17.8 Å². The van der Waals surface area contributed by atoms with Crippen molar-refractivity contribution in [1.82, 2.24) is 15.7 Å². The Morgan fingerprint density at radius 1 is 1.09 bits per heavy atom. The Hall–Kier alpha value is -2.51. The lowest BCUT2D eigenvalue weighted by molar-refractivity contribution is -0.123. The van der Waals surface area contributed by atoms with E-state index in [-0.39, 0.29) is 11.3 Å². The van der Waals surface area contributed by atoms with Crippen LogP contribution >= 0.6 is 0 Å². The fourth-order valence-corrected chi connectivity index (χ4v) is 7.09. The largest absolute Gasteiger partial charge is 0.339 e. The van der Waals surface area contributed by atoms with Gasteiger partial charge in [-0.05, 0) is 98.8 Å². The maximum Gasteiger partial charge on any atom is 0.270 e. The van der Waals surface area contributed by atoms with Crippen molar-refractivity contribution in [3.63, 3.8) is 0 Å². The van der Waals surface area contributed by atoms with E-state index in [2.05, 4.69) is 27.9 Å². The van der Waals surface area contributed by atoms with Gasteiger partial charge in [-0.1, -0.05) is 18.2 Å². The second-order valence-electron chi connectivity index (χ2n) is 10.2. The predicted octanol–water partition coefficient (Wildman–Crippen LogP) is 2.53. The van der Waals surface area contributed by atoms with Crippen LogP contribution in [0.1, 0.15) is 67.4 Å². The van der Waals surface area contributed by atoms with Gasteiger partial charge in [0.15, 0.2) is 0 Å². The Labute approximate surface area is 188 Å². The van der Waals surface area contributed by atoms with Gasteiger partial charge in [0.25, 0.3) is 11.8 Å². The molecule has 1 heterocycles. The van der Waals surface area contributed by atoms with Gasteiger partial charge in [0.05, 0.1) is 5.52 Å². The highest BCUT2D eigenvalue weighted by Crippen LogP contribution is 2.61. The summed E-state index contributed by atoms with van der Waals surface area (Å²) in [5.74, 6) is 6.98. The molecule has 4 bridgehead atoms. The molecule has 32 heavy (non-hydrogen) atoms. The van der Waals surface area contributed by atoms with Crippen molar-refractivity contribution < 1.29 is 9.59 Å². The molecule has 0 spiro atoms. The van der Waals surface area contributed by atoms with Crippen molar-refractivity contribution in [1.29, 1.82) is 0 Å². The highest BCUT2D eigenvalue weighted by atomic mass is 16.2. The topological polar surface area (TPSA) is 123 Å². The summed E-state index contributed by atoms with van der Waals surface area (Å²) in [6.45, 7) is 0.439. The van der Waals surface area contributed by atoms with Crippen molar-refractivity contribution in [3.05, 3.63) is 41.6 Å². The van der Waals surface area contributed by atoms with Gasteiger partial charge in [-0.25, -0.2) is 10.8 Å². The molecule has 0 unspecified atom stereocenters. The van der Waals surface area contributed by atoms with Gasteiger partial charge >= 0.3 is 0 Å². The molecule has 1 aromatic heterocycles. The molecule has 4 aliphatic carbocycles. The van der Waals surface area contributed by atoms with Gasteiger partial charge in [-0.15, -0.1) is 0 Å². The number of benzene rings is 1. The Balaban J connectivity index is 1.51. The first-order valence-corrected chi connectivity index (χ1v) is 11.9. The number of carbonyl (C=O) groups is 2. The number of nitrogens with one attached hydrogen (secondary N) is 2. The molecule has 2 aromatic rings. The van der Waals surface area contributed by atoms with Crippen molar-refractivity contribution in [2.45, 2.75) is 62.8 Å². The fraction of sp³-hybridized carbons (Fsp3) is 0.560. The van der Waals surface area contributed by atoms with Crippen LogP contribution in [0.15, 0.2) is 30.3 Å². The third-order valence-electron chi connectivity index (χ3n) is 8.02. The van der Waals surface area contributed by atoms with Crippen molar-refractivity contribution in [2.75, 3.05) is 6.54 Å². The quantitative estimate of drug-likeness (QED) is 0.302. The number of hydrogen-bond donors (Lipinski definition) is 4. The molecule has 4 saturated carbocycles. The minimum absolute atomic E-state index is 0.139. The number of aromatic nitrogens is 1. The van der Waals surface area contributed by atoms with Gasteiger partial charge in [-0.3, -0.25) is 15.0 Å². The van der Waals surface area contributed by atoms with Gasteiger partial charge in [-0.2, -0.15) is 0 Å². The molecule has 1 atom stereocenters. The monoisotopic (exact) mass is 435 g/mol. The number of nitrogens with two attached hydrogens (primary N) is 2. The van der Waals surface area contributed by atoms with E-state index in [0.717, 1.165) is 28.7 Å². The molecule has 0 radical (unpaired) electrons. The molecule has 6 rings (SSSR count). The van der Waals surface area contributed by atoms with E-state index in [1.54, 1.807) is 0 Å². The zero-order valence-corrected chi connectivity index (χ0v) is 18.5. The Bertz CT molecular complexity index is 1000. The molecule has 6 N–H and O–H groups in total. The molecular formula is C25H33N5O2. The summed E-state index contributed by atoms with van der Waals surface area (Å²) in [4.78, 5) is 30.1. The number of fused-ring (bicyclic) bond motifs is 1. The van der Waals surface area contributed by atoms with E-state index in [4.69, 9.17) is 11.6 Å². The Morgan fingerprint density at radius 2 is 1.75 bits per heavy atom. The van der Waals surface area contributed by atoms with E-state index >= 15 is 0 Å². The van der Waals surface area contributed by atoms with Crippen LogP contribution in [0.25, 0.3) is 10.9 Å². The smallest absolute Gasteiger partial charge is 0.270 e. The third kappa shape index (κ3) is 3.77. The summed E-state index contributed by atoms with van der Waals surface area (Å²) in [5.41, 5.74) is 10.4. The molecule has 7 nitrogen and oxygen atoms in total. The molecule has 4 aliphatic rings. The second-order valence-corrected chi connectivity index (χ2v) is 10.2. The van der Waals surface area contributed by atoms with E-state index in [1.165, 1.54) is 44.1 Å². The lowest BCUT2D eigenvalue weighted by atomic mass is 9.48. The Kier molecular flexibility index (Phi) is 5.63. The van der Waals surface area contributed by atoms with Crippen molar-refractivity contribution in [3.8, 4) is 0 Å². The normalized spacial score (nSPS) is 29.1. The number of hydrazine groups is 1. The van der Waals surface area contributed by atoms with Crippen LogP contribution in [-0.4, -0.2) is 29.4 Å². The van der Waals surface area contributed by atoms with Crippen LogP contribution < -0.4 is 22.3 Å². The van der Waals surface area contributed by atoms with E-state index < -0.39 is 11.9 Å². The second kappa shape index (κ2) is 8.45. The van der Waals surface area contributed by atoms with Crippen LogP contribution in [-0.2, 0) is 10.2 Å². The number of amides is 2. The summed E-state index contributed by atoms with van der Waals surface area (Å²) in [5, 5.41) is 3.99. The maximum atomic E-state index is 13.2. The number of carbonyl (C=O) groups excluding carboxylic acids is 2. The average Bonchev–Trinajstić information content (AvgIpc) is 2.79. The molecule has 0 aliphatic heterocycles. The molecule has 0 saturated heterocycles. The highest BCUT2D eigenvalue weighted by Gasteiger charge is 2.52. The van der Waals surface area contributed by atoms with Crippen molar-refractivity contribution in [2.24, 2.45) is 29.3 Å². The van der Waals surface area contributed by atoms with Gasteiger partial charge < -0.3 is 11.1 Å². The van der Waals surface area contributed by atoms with Crippen LogP contribution in [0.4, 0.5) is 0 Å². The maximum absolute atomic E-state index is 13.2. The zero-order chi connectivity index (χ0) is 22.3. The minimum atomic E-state index is -0.729. The first kappa shape index (κ1) is 21.3. The number of pyridine rings is 1. The fourth-order valence-electron chi connectivity index (χ4n) is 7.09. The Morgan fingerprint density at radius 3 is 2.38 bits per heavy atom. The molecule has 4 fully saturated rings. The summed E-state index contributed by atoms with van der Waals surface area (Å²) in [7, 11) is 0. The van der Waals surface area contributed by atoms with Gasteiger partial charge in [0.1, 0.15) is 11.7 Å². The van der Waals surface area contributed by atoms with E-state index in [9.17, 15) is 9.59 Å². The van der Waals surface area contributed by atoms with Gasteiger partial charge in [0.2, 0.25) is 0 Å². The average molecular weight is 436 g/mol. The lowest BCUT2D eigenvalue weighted by Gasteiger charge is -2.57. The molecule has 1 aromatic carbocycles. The predicted molar refractivity (Wildman–Crippen MR) is 123 cm³/mol. The zero-order valence-electron chi connectivity index (χ0n) is 18.5. The summed E-state index contributed by atoms with van der Waals surface area (Å²) >= 11 is 0. The molecule has 7 heteroatoms. The number of nitrogens with zero attached hydrogens (tertiary/aromatic N) is 1. The van der Waals surface area contributed by atoms with Crippen LogP contribution in [0.3, 0.4) is 0 Å². The standard InChI is InChI=1S/C25H33N5O2/c26-7-3-6-21(24(32)30-27)29-23(31)22-11-19(18-4-1-2-5-20(18)28-22)25-12-15-8-16(13-25)10-17(9-15)14-25/h1-2,4-5,11,15-17,21H,3,6-10,12-14,26-27H2,(H,29,31)(H,30,32)/t15?,16?,17?,21-,25?/m0/s1. The van der Waals surface area contributed by atoms with Gasteiger partial charge in [0, 0.05) is 5.39 Å². The third-order valence-corrected chi connectivity index (χ3v) is 8.02. The summed E-state index contributed by atoms with van der Waals surface area (Å²) in [6.07, 6.45) is 8.78. The van der Waals surface area contributed by atoms with Crippen LogP contribution in [0.5, 0.6) is 0 Å². The minimum Gasteiger partial charge on any atom is -0.339 e.